The molecule has 0 spiro atoms. The summed E-state index contributed by atoms with van der Waals surface area (Å²) in [7, 11) is 3.30. The third kappa shape index (κ3) is 4.58. The van der Waals surface area contributed by atoms with E-state index in [0.717, 1.165) is 58.4 Å². The molecule has 3 aromatic rings. The molecule has 1 unspecified atom stereocenters. The fourth-order valence-electron chi connectivity index (χ4n) is 3.99. The molecule has 1 amide bonds. The van der Waals surface area contributed by atoms with Gasteiger partial charge >= 0.3 is 0 Å². The highest BCUT2D eigenvalue weighted by molar-refractivity contribution is 7.99. The number of benzene rings is 2. The molecule has 1 aliphatic rings. The van der Waals surface area contributed by atoms with Gasteiger partial charge < -0.3 is 24.1 Å². The number of rotatable bonds is 8. The Balaban J connectivity index is 1.46. The fraction of sp³-hybridized carbons (Fsp3) is 0.391. The Bertz CT molecular complexity index is 1070. The van der Waals surface area contributed by atoms with E-state index in [1.807, 2.05) is 48.2 Å². The number of ether oxygens (including phenoxy) is 3. The number of aromatic nitrogens is 2. The predicted octanol–water partition coefficient (Wildman–Crippen LogP) is 4.43. The lowest BCUT2D eigenvalue weighted by atomic mass is 10.0. The third-order valence-corrected chi connectivity index (χ3v) is 6.30. The first-order valence-electron chi connectivity index (χ1n) is 10.4. The Kier molecular flexibility index (Phi) is 6.56. The Labute approximate surface area is 186 Å². The summed E-state index contributed by atoms with van der Waals surface area (Å²) in [6.07, 6.45) is 1.87. The second kappa shape index (κ2) is 9.51. The second-order valence-corrected chi connectivity index (χ2v) is 8.26. The van der Waals surface area contributed by atoms with Crippen LogP contribution in [0.1, 0.15) is 31.4 Å². The number of hydrogen-bond acceptors (Lipinski definition) is 6. The molecule has 1 fully saturated rings. The number of thioether (sulfide) groups is 1. The minimum absolute atomic E-state index is 0.0115. The number of nitrogens with one attached hydrogen (secondary N) is 1. The van der Waals surface area contributed by atoms with Crippen LogP contribution in [0.2, 0.25) is 0 Å². The van der Waals surface area contributed by atoms with Crippen LogP contribution in [-0.2, 0) is 4.79 Å². The topological polar surface area (TPSA) is 76.7 Å². The number of nitrogens with zero attached hydrogens (tertiary/aromatic N) is 2. The van der Waals surface area contributed by atoms with Crippen molar-refractivity contribution in [1.82, 2.24) is 14.9 Å². The lowest BCUT2D eigenvalue weighted by molar-refractivity contribution is -0.129. The summed E-state index contributed by atoms with van der Waals surface area (Å²) in [5.74, 6) is 2.76. The van der Waals surface area contributed by atoms with Gasteiger partial charge in [-0.1, -0.05) is 11.8 Å². The van der Waals surface area contributed by atoms with Crippen molar-refractivity contribution < 1.29 is 19.0 Å². The predicted molar refractivity (Wildman–Crippen MR) is 121 cm³/mol. The minimum Gasteiger partial charge on any atom is -0.497 e. The van der Waals surface area contributed by atoms with Gasteiger partial charge in [0.2, 0.25) is 5.91 Å². The van der Waals surface area contributed by atoms with Crippen LogP contribution in [0.5, 0.6) is 17.2 Å². The second-order valence-electron chi connectivity index (χ2n) is 7.30. The monoisotopic (exact) mass is 441 g/mol. The molecule has 1 aromatic heterocycles. The lowest BCUT2D eigenvalue weighted by Crippen LogP contribution is -2.32. The van der Waals surface area contributed by atoms with Crippen LogP contribution in [0.25, 0.3) is 11.0 Å². The number of carbonyl (C=O) groups is 1. The van der Waals surface area contributed by atoms with E-state index in [1.54, 1.807) is 14.2 Å². The molecule has 0 aliphatic carbocycles. The first kappa shape index (κ1) is 21.4. The van der Waals surface area contributed by atoms with E-state index in [0.29, 0.717) is 12.4 Å². The van der Waals surface area contributed by atoms with Crippen molar-refractivity contribution >= 4 is 28.7 Å². The molecule has 2 aromatic carbocycles. The SMILES string of the molecule is CCOc1ccc2nc(SCC(=O)N3CCCC3c3cc(OC)ccc3OC)[nH]c2c1. The molecule has 0 bridgehead atoms. The van der Waals surface area contributed by atoms with Crippen molar-refractivity contribution in [3.63, 3.8) is 0 Å². The van der Waals surface area contributed by atoms with Gasteiger partial charge in [-0.3, -0.25) is 4.79 Å². The number of methoxy groups -OCH3 is 2. The highest BCUT2D eigenvalue weighted by atomic mass is 32.2. The number of aromatic amines is 1. The molecule has 1 atom stereocenters. The van der Waals surface area contributed by atoms with Gasteiger partial charge in [0.05, 0.1) is 43.7 Å². The van der Waals surface area contributed by atoms with Crippen LogP contribution in [-0.4, -0.2) is 53.9 Å². The quantitative estimate of drug-likeness (QED) is 0.521. The maximum Gasteiger partial charge on any atom is 0.233 e. The highest BCUT2D eigenvalue weighted by Gasteiger charge is 2.32. The summed E-state index contributed by atoms with van der Waals surface area (Å²) >= 11 is 1.42. The van der Waals surface area contributed by atoms with E-state index in [4.69, 9.17) is 14.2 Å². The minimum atomic E-state index is -0.0115. The average Bonchev–Trinajstić information content (AvgIpc) is 3.44. The first-order chi connectivity index (χ1) is 15.1. The zero-order valence-corrected chi connectivity index (χ0v) is 18.8. The van der Waals surface area contributed by atoms with Gasteiger partial charge in [-0.25, -0.2) is 4.98 Å². The number of H-pyrrole nitrogens is 1. The van der Waals surface area contributed by atoms with Crippen molar-refractivity contribution in [2.45, 2.75) is 31.0 Å². The smallest absolute Gasteiger partial charge is 0.233 e. The number of amides is 1. The van der Waals surface area contributed by atoms with E-state index >= 15 is 0 Å². The third-order valence-electron chi connectivity index (χ3n) is 5.44. The Morgan fingerprint density at radius 3 is 2.81 bits per heavy atom. The summed E-state index contributed by atoms with van der Waals surface area (Å²) in [4.78, 5) is 22.9. The molecule has 1 aliphatic heterocycles. The van der Waals surface area contributed by atoms with Gasteiger partial charge in [0.25, 0.3) is 0 Å². The van der Waals surface area contributed by atoms with E-state index in [2.05, 4.69) is 9.97 Å². The van der Waals surface area contributed by atoms with E-state index in [-0.39, 0.29) is 11.9 Å². The molecule has 1 saturated heterocycles. The number of carbonyl (C=O) groups excluding carboxylic acids is 1. The van der Waals surface area contributed by atoms with Gasteiger partial charge in [0.15, 0.2) is 5.16 Å². The summed E-state index contributed by atoms with van der Waals surface area (Å²) in [6, 6.07) is 11.5. The van der Waals surface area contributed by atoms with E-state index in [1.165, 1.54) is 11.8 Å². The molecule has 4 rings (SSSR count). The van der Waals surface area contributed by atoms with Crippen LogP contribution >= 0.6 is 11.8 Å². The van der Waals surface area contributed by atoms with Gasteiger partial charge in [-0.15, -0.1) is 0 Å². The van der Waals surface area contributed by atoms with Crippen molar-refractivity contribution in [3.8, 4) is 17.2 Å². The molecule has 0 saturated carbocycles. The zero-order valence-electron chi connectivity index (χ0n) is 18.0. The van der Waals surface area contributed by atoms with Crippen LogP contribution in [0.15, 0.2) is 41.6 Å². The maximum atomic E-state index is 13.1. The van der Waals surface area contributed by atoms with Gasteiger partial charge in [0, 0.05) is 18.2 Å². The van der Waals surface area contributed by atoms with E-state index < -0.39 is 0 Å². The van der Waals surface area contributed by atoms with Crippen LogP contribution in [0, 0.1) is 0 Å². The van der Waals surface area contributed by atoms with Crippen LogP contribution in [0.3, 0.4) is 0 Å². The largest absolute Gasteiger partial charge is 0.497 e. The van der Waals surface area contributed by atoms with Crippen LogP contribution < -0.4 is 14.2 Å². The molecule has 1 N–H and O–H groups in total. The van der Waals surface area contributed by atoms with Crippen molar-refractivity contribution in [2.24, 2.45) is 0 Å². The highest BCUT2D eigenvalue weighted by Crippen LogP contribution is 2.39. The van der Waals surface area contributed by atoms with Crippen molar-refractivity contribution in [3.05, 3.63) is 42.0 Å². The Morgan fingerprint density at radius 1 is 1.19 bits per heavy atom. The Morgan fingerprint density at radius 2 is 2.03 bits per heavy atom. The van der Waals surface area contributed by atoms with Crippen molar-refractivity contribution in [1.29, 1.82) is 0 Å². The van der Waals surface area contributed by atoms with Crippen molar-refractivity contribution in [2.75, 3.05) is 33.1 Å². The summed E-state index contributed by atoms with van der Waals surface area (Å²) < 4.78 is 16.5. The number of imidazole rings is 1. The molecule has 7 nitrogen and oxygen atoms in total. The normalized spacial score (nSPS) is 16.0. The molecule has 0 radical (unpaired) electrons. The van der Waals surface area contributed by atoms with Crippen LogP contribution in [0.4, 0.5) is 0 Å². The summed E-state index contributed by atoms with van der Waals surface area (Å²) in [5, 5.41) is 0.728. The maximum absolute atomic E-state index is 13.1. The van der Waals surface area contributed by atoms with Gasteiger partial charge in [0.1, 0.15) is 17.2 Å². The van der Waals surface area contributed by atoms with Gasteiger partial charge in [-0.05, 0) is 50.1 Å². The molecule has 8 heteroatoms. The number of fused-ring (bicyclic) bond motifs is 1. The molecular weight excluding hydrogens is 414 g/mol. The Hall–Kier alpha value is -2.87. The average molecular weight is 442 g/mol. The molecule has 31 heavy (non-hydrogen) atoms. The lowest BCUT2D eigenvalue weighted by Gasteiger charge is -2.26. The first-order valence-corrected chi connectivity index (χ1v) is 11.4. The fourth-order valence-corrected chi connectivity index (χ4v) is 4.76. The summed E-state index contributed by atoms with van der Waals surface area (Å²) in [6.45, 7) is 3.31. The number of likely N-dealkylation sites (tertiary alicyclic amines) is 1. The zero-order chi connectivity index (χ0) is 21.8. The summed E-state index contributed by atoms with van der Waals surface area (Å²) in [5.41, 5.74) is 2.75. The molecule has 164 valence electrons. The van der Waals surface area contributed by atoms with Gasteiger partial charge in [-0.2, -0.15) is 0 Å². The molecule has 2 heterocycles. The van der Waals surface area contributed by atoms with E-state index in [9.17, 15) is 4.79 Å². The number of hydrogen-bond donors (Lipinski definition) is 1. The molecular formula is C23H27N3O4S. The standard InChI is InChI=1S/C23H27N3O4S/c1-4-30-16-7-9-18-19(13-16)25-23(24-18)31-14-22(27)26-11-5-6-20(26)17-12-15(28-2)8-10-21(17)29-3/h7-10,12-13,20H,4-6,11,14H2,1-3H3,(H,24,25).